The maximum atomic E-state index is 12.1. The lowest BCUT2D eigenvalue weighted by molar-refractivity contribution is -0.883. The van der Waals surface area contributed by atoms with Gasteiger partial charge in [-0.05, 0) is 13.0 Å². The third-order valence-corrected chi connectivity index (χ3v) is 7.49. The number of carbonyl (C=O) groups is 1. The Labute approximate surface area is 137 Å². The molecule has 0 aliphatic carbocycles. The van der Waals surface area contributed by atoms with Gasteiger partial charge in [-0.15, -0.1) is 0 Å². The first kappa shape index (κ1) is 20.1. The monoisotopic (exact) mass is 369 g/mol. The van der Waals surface area contributed by atoms with E-state index in [1.165, 1.54) is 6.92 Å². The molecule has 1 rings (SSSR count). The van der Waals surface area contributed by atoms with Crippen LogP contribution in [0.5, 0.6) is 0 Å². The normalized spacial score (nSPS) is 27.6. The summed E-state index contributed by atoms with van der Waals surface area (Å²) < 4.78 is 56.2. The lowest BCUT2D eigenvalue weighted by Gasteiger charge is -2.31. The second-order valence-electron chi connectivity index (χ2n) is 6.90. The second-order valence-corrected chi connectivity index (χ2v) is 10.6. The highest BCUT2D eigenvalue weighted by molar-refractivity contribution is 7.94. The molecule has 2 N–H and O–H groups in total. The van der Waals surface area contributed by atoms with Gasteiger partial charge < -0.3 is 9.80 Å². The molecule has 0 saturated carbocycles. The Kier molecular flexibility index (Phi) is 5.67. The van der Waals surface area contributed by atoms with E-state index in [0.717, 1.165) is 0 Å². The van der Waals surface area contributed by atoms with Crippen LogP contribution in [0.3, 0.4) is 0 Å². The van der Waals surface area contributed by atoms with Crippen molar-refractivity contribution < 1.29 is 30.7 Å². The van der Waals surface area contributed by atoms with E-state index >= 15 is 0 Å². The minimum Gasteiger partial charge on any atom is -0.348 e. The Morgan fingerprint density at radius 2 is 2.04 bits per heavy atom. The number of nitrogens with zero attached hydrogens (tertiary/aromatic N) is 1. The summed E-state index contributed by atoms with van der Waals surface area (Å²) in [5.74, 6) is -1.66. The van der Waals surface area contributed by atoms with Crippen molar-refractivity contribution in [1.82, 2.24) is 5.32 Å². The zero-order valence-corrected chi connectivity index (χ0v) is 15.3. The fraction of sp³-hybridized carbons (Fsp3) is 0.769. The molecule has 0 bridgehead atoms. The molecule has 1 fully saturated rings. The molecule has 8 nitrogen and oxygen atoms in total. The van der Waals surface area contributed by atoms with E-state index in [9.17, 15) is 26.2 Å². The van der Waals surface area contributed by atoms with E-state index in [0.29, 0.717) is 17.6 Å². The lowest BCUT2D eigenvalue weighted by atomic mass is 10.0. The first-order valence-electron chi connectivity index (χ1n) is 7.11. The van der Waals surface area contributed by atoms with Gasteiger partial charge in [-0.25, -0.2) is 8.42 Å². The van der Waals surface area contributed by atoms with Crippen LogP contribution in [-0.2, 0) is 24.7 Å². The highest BCUT2D eigenvalue weighted by Gasteiger charge is 2.54. The number of carbonyl (C=O) groups excluding carboxylic acids is 1. The number of nitrogens with one attached hydrogen (secondary N) is 1. The van der Waals surface area contributed by atoms with Crippen LogP contribution in [0.15, 0.2) is 12.7 Å². The highest BCUT2D eigenvalue weighted by Crippen LogP contribution is 2.29. The van der Waals surface area contributed by atoms with Crippen molar-refractivity contribution in [3.8, 4) is 0 Å². The summed E-state index contributed by atoms with van der Waals surface area (Å²) in [6.45, 7) is 6.12. The number of likely N-dealkylation sites (N-methyl/N-ethyl adjacent to an activating group) is 1. The third-order valence-electron chi connectivity index (χ3n) is 3.99. The summed E-state index contributed by atoms with van der Waals surface area (Å²) in [5.41, 5.74) is -1.53. The third kappa shape index (κ3) is 5.55. The number of hydrogen-bond acceptors (Lipinski definition) is 5. The van der Waals surface area contributed by atoms with E-state index in [4.69, 9.17) is 0 Å². The van der Waals surface area contributed by atoms with Gasteiger partial charge in [-0.2, -0.15) is 8.42 Å². The zero-order valence-electron chi connectivity index (χ0n) is 13.6. The van der Waals surface area contributed by atoms with Crippen molar-refractivity contribution in [3.63, 3.8) is 0 Å². The van der Waals surface area contributed by atoms with Crippen LogP contribution >= 0.6 is 0 Å². The van der Waals surface area contributed by atoms with Crippen molar-refractivity contribution >= 4 is 25.9 Å². The number of sulfone groups is 1. The van der Waals surface area contributed by atoms with Gasteiger partial charge in [0.2, 0.25) is 5.91 Å². The number of rotatable bonds is 7. The van der Waals surface area contributed by atoms with Crippen molar-refractivity contribution in [2.75, 3.05) is 38.7 Å². The fourth-order valence-electron chi connectivity index (χ4n) is 2.78. The highest BCUT2D eigenvalue weighted by atomic mass is 32.2. The number of amides is 1. The number of quaternary nitrogens is 1. The fourth-order valence-corrected chi connectivity index (χ4v) is 7.13. The Morgan fingerprint density at radius 1 is 1.48 bits per heavy atom. The standard InChI is InChI=1S/C13H24N2O6S2/c1-5-7-15(3,4)8-6-12(16)14-13(2)10-22(17,18)9-11(13)23(19,20)21/h5,11H,1,6-10H2,2-4H3,(H-,14,16,19,20,21)/p+1. The predicted molar refractivity (Wildman–Crippen MR) is 87.2 cm³/mol. The molecule has 2 unspecified atom stereocenters. The van der Waals surface area contributed by atoms with Crippen LogP contribution in [0.4, 0.5) is 0 Å². The molecule has 0 aromatic carbocycles. The van der Waals surface area contributed by atoms with Gasteiger partial charge in [-0.3, -0.25) is 9.35 Å². The van der Waals surface area contributed by atoms with E-state index < -0.39 is 48.2 Å². The molecule has 1 amide bonds. The maximum absolute atomic E-state index is 12.1. The molecule has 23 heavy (non-hydrogen) atoms. The molecule has 1 aliphatic rings. The second kappa shape index (κ2) is 6.50. The first-order chi connectivity index (χ1) is 10.2. The van der Waals surface area contributed by atoms with Crippen molar-refractivity contribution in [3.05, 3.63) is 12.7 Å². The molecule has 1 aliphatic heterocycles. The Bertz CT molecular complexity index is 683. The SMILES string of the molecule is C=CC[N+](C)(C)CCC(=O)NC1(C)CS(=O)(=O)CC1S(=O)(=O)O. The molecule has 10 heteroatoms. The molecule has 134 valence electrons. The first-order valence-corrected chi connectivity index (χ1v) is 10.4. The topological polar surface area (TPSA) is 118 Å². The van der Waals surface area contributed by atoms with Gasteiger partial charge in [0.25, 0.3) is 10.1 Å². The average molecular weight is 369 g/mol. The molecular formula is C13H25N2O6S2+. The molecule has 0 aromatic heterocycles. The molecule has 0 radical (unpaired) electrons. The average Bonchev–Trinajstić information content (AvgIpc) is 2.56. The molecule has 0 aromatic rings. The van der Waals surface area contributed by atoms with Crippen LogP contribution in [0.25, 0.3) is 0 Å². The minimum absolute atomic E-state index is 0.106. The Morgan fingerprint density at radius 3 is 2.52 bits per heavy atom. The summed E-state index contributed by atoms with van der Waals surface area (Å²) in [6, 6.07) is 0. The molecule has 1 saturated heterocycles. The van der Waals surface area contributed by atoms with Crippen LogP contribution < -0.4 is 5.32 Å². The smallest absolute Gasteiger partial charge is 0.271 e. The summed E-state index contributed by atoms with van der Waals surface area (Å²) in [5, 5.41) is 0.933. The van der Waals surface area contributed by atoms with Gasteiger partial charge in [0.15, 0.2) is 9.84 Å². The quantitative estimate of drug-likeness (QED) is 0.345. The summed E-state index contributed by atoms with van der Waals surface area (Å²) in [4.78, 5) is 12.1. The zero-order chi connectivity index (χ0) is 18.1. The van der Waals surface area contributed by atoms with Gasteiger partial charge in [0, 0.05) is 0 Å². The Hall–Kier alpha value is -0.970. The van der Waals surface area contributed by atoms with Crippen molar-refractivity contribution in [2.45, 2.75) is 24.1 Å². The molecule has 1 heterocycles. The lowest BCUT2D eigenvalue weighted by Crippen LogP contribution is -2.57. The van der Waals surface area contributed by atoms with E-state index in [1.54, 1.807) is 6.08 Å². The van der Waals surface area contributed by atoms with E-state index in [-0.39, 0.29) is 6.42 Å². The van der Waals surface area contributed by atoms with Crippen LogP contribution in [0, 0.1) is 0 Å². The number of hydrogen-bond donors (Lipinski definition) is 2. The van der Waals surface area contributed by atoms with Crippen LogP contribution in [0.1, 0.15) is 13.3 Å². The van der Waals surface area contributed by atoms with Gasteiger partial charge >= 0.3 is 0 Å². The molecule has 0 spiro atoms. The van der Waals surface area contributed by atoms with Crippen LogP contribution in [-0.4, -0.2) is 81.3 Å². The van der Waals surface area contributed by atoms with Gasteiger partial charge in [0.05, 0.1) is 50.7 Å². The van der Waals surface area contributed by atoms with Crippen molar-refractivity contribution in [1.29, 1.82) is 0 Å². The summed E-state index contributed by atoms with van der Waals surface area (Å²) >= 11 is 0. The molecular weight excluding hydrogens is 344 g/mol. The Balaban J connectivity index is 2.84. The maximum Gasteiger partial charge on any atom is 0.271 e. The minimum atomic E-state index is -4.59. The van der Waals surface area contributed by atoms with Gasteiger partial charge in [-0.1, -0.05) is 6.58 Å². The van der Waals surface area contributed by atoms with Gasteiger partial charge in [0.1, 0.15) is 5.25 Å². The summed E-state index contributed by atoms with van der Waals surface area (Å²) in [7, 11) is -4.42. The largest absolute Gasteiger partial charge is 0.348 e. The predicted octanol–water partition coefficient (Wildman–Crippen LogP) is -0.801. The van der Waals surface area contributed by atoms with Crippen molar-refractivity contribution in [2.24, 2.45) is 0 Å². The van der Waals surface area contributed by atoms with E-state index in [1.807, 2.05) is 14.1 Å². The van der Waals surface area contributed by atoms with Crippen LogP contribution in [0.2, 0.25) is 0 Å². The summed E-state index contributed by atoms with van der Waals surface area (Å²) in [6.07, 6.45) is 1.84. The molecule has 2 atom stereocenters. The van der Waals surface area contributed by atoms with E-state index in [2.05, 4.69) is 11.9 Å².